The van der Waals surface area contributed by atoms with Gasteiger partial charge in [-0.1, -0.05) is 70.0 Å². The van der Waals surface area contributed by atoms with Crippen LogP contribution in [0.15, 0.2) is 82.4 Å². The lowest BCUT2D eigenvalue weighted by atomic mass is 9.89. The van der Waals surface area contributed by atoms with Crippen LogP contribution in [-0.2, 0) is 4.79 Å². The molecule has 0 fully saturated rings. The van der Waals surface area contributed by atoms with Crippen molar-refractivity contribution >= 4 is 50.1 Å². The highest BCUT2D eigenvalue weighted by Crippen LogP contribution is 2.39. The van der Waals surface area contributed by atoms with Crippen LogP contribution in [-0.4, -0.2) is 21.6 Å². The zero-order valence-electron chi connectivity index (χ0n) is 18.2. The number of amides is 1. The summed E-state index contributed by atoms with van der Waals surface area (Å²) in [5.41, 5.74) is 6.78. The fraction of sp³-hybridized carbons (Fsp3) is 0.148. The predicted molar refractivity (Wildman–Crippen MR) is 137 cm³/mol. The maximum absolute atomic E-state index is 12.6. The van der Waals surface area contributed by atoms with Crippen molar-refractivity contribution in [1.82, 2.24) is 9.99 Å². The Morgan fingerprint density at radius 3 is 2.52 bits per heavy atom. The summed E-state index contributed by atoms with van der Waals surface area (Å²) in [6.45, 7) is 3.57. The number of fused-ring (bicyclic) bond motifs is 1. The number of aromatic nitrogens is 1. The summed E-state index contributed by atoms with van der Waals surface area (Å²) in [7, 11) is 0. The number of rotatable bonds is 3. The first-order chi connectivity index (χ1) is 15.9. The molecule has 33 heavy (non-hydrogen) atoms. The first-order valence-corrected chi connectivity index (χ1v) is 11.9. The number of halogens is 2. The molecule has 4 nitrogen and oxygen atoms in total. The number of aryl methyl sites for hydroxylation is 1. The van der Waals surface area contributed by atoms with Gasteiger partial charge >= 0.3 is 0 Å². The monoisotopic (exact) mass is 517 g/mol. The van der Waals surface area contributed by atoms with Gasteiger partial charge < -0.3 is 0 Å². The lowest BCUT2D eigenvalue weighted by molar-refractivity contribution is -0.130. The first kappa shape index (κ1) is 21.8. The first-order valence-electron chi connectivity index (χ1n) is 10.7. The number of para-hydroxylation sites is 1. The number of hydrazone groups is 1. The second-order valence-electron chi connectivity index (χ2n) is 8.16. The molecular weight excluding hydrogens is 498 g/mol. The Balaban J connectivity index is 1.72. The third-order valence-electron chi connectivity index (χ3n) is 5.96. The molecule has 1 atom stereocenters. The topological polar surface area (TPSA) is 45.6 Å². The van der Waals surface area contributed by atoms with Crippen molar-refractivity contribution in [3.63, 3.8) is 0 Å². The van der Waals surface area contributed by atoms with Crippen LogP contribution in [0.3, 0.4) is 0 Å². The van der Waals surface area contributed by atoms with Gasteiger partial charge in [-0.15, -0.1) is 0 Å². The molecule has 0 unspecified atom stereocenters. The molecule has 3 aromatic carbocycles. The van der Waals surface area contributed by atoms with Gasteiger partial charge in [0.1, 0.15) is 0 Å². The highest BCUT2D eigenvalue weighted by molar-refractivity contribution is 9.10. The number of nitrogens with zero attached hydrogens (tertiary/aromatic N) is 3. The Labute approximate surface area is 206 Å². The highest BCUT2D eigenvalue weighted by Gasteiger charge is 2.33. The fourth-order valence-corrected chi connectivity index (χ4v) is 5.07. The lowest BCUT2D eigenvalue weighted by Gasteiger charge is -2.20. The van der Waals surface area contributed by atoms with Crippen LogP contribution in [0.2, 0.25) is 5.02 Å². The molecule has 1 amide bonds. The van der Waals surface area contributed by atoms with E-state index >= 15 is 0 Å². The third-order valence-corrected chi connectivity index (χ3v) is 6.71. The van der Waals surface area contributed by atoms with Crippen molar-refractivity contribution in [2.75, 3.05) is 0 Å². The minimum absolute atomic E-state index is 0.0885. The normalized spacial score (nSPS) is 15.7. The van der Waals surface area contributed by atoms with Crippen molar-refractivity contribution in [3.8, 4) is 11.1 Å². The molecule has 0 spiro atoms. The van der Waals surface area contributed by atoms with Crippen LogP contribution in [0, 0.1) is 6.92 Å². The van der Waals surface area contributed by atoms with Gasteiger partial charge in [0.2, 0.25) is 5.91 Å². The molecule has 0 saturated carbocycles. The Hall–Kier alpha value is -3.02. The van der Waals surface area contributed by atoms with Crippen molar-refractivity contribution in [2.24, 2.45) is 5.10 Å². The molecule has 1 aliphatic rings. The number of pyridine rings is 1. The van der Waals surface area contributed by atoms with Crippen molar-refractivity contribution < 1.29 is 4.79 Å². The summed E-state index contributed by atoms with van der Waals surface area (Å²) in [6.07, 6.45) is 0.609. The van der Waals surface area contributed by atoms with Gasteiger partial charge in [-0.25, -0.2) is 5.01 Å². The van der Waals surface area contributed by atoms with Gasteiger partial charge in [-0.05, 0) is 48.4 Å². The van der Waals surface area contributed by atoms with Crippen LogP contribution < -0.4 is 0 Å². The van der Waals surface area contributed by atoms with Gasteiger partial charge in [0.05, 0.1) is 17.3 Å². The average Bonchev–Trinajstić information content (AvgIpc) is 3.24. The number of hydrogen-bond donors (Lipinski definition) is 0. The summed E-state index contributed by atoms with van der Waals surface area (Å²) in [4.78, 5) is 17.4. The Morgan fingerprint density at radius 2 is 1.79 bits per heavy atom. The number of carbonyl (C=O) groups is 1. The summed E-state index contributed by atoms with van der Waals surface area (Å²) in [5.74, 6) is -0.0885. The maximum atomic E-state index is 12.6. The SMILES string of the molecule is CC(=O)N1N=C(c2c(C)nc3ccccc3c2-c2ccc(Cl)cc2)C[C@@H]1c1cccc(Br)c1. The van der Waals surface area contributed by atoms with Crippen molar-refractivity contribution in [1.29, 1.82) is 0 Å². The molecule has 1 aromatic heterocycles. The van der Waals surface area contributed by atoms with E-state index in [1.54, 1.807) is 11.9 Å². The zero-order chi connectivity index (χ0) is 23.1. The van der Waals surface area contributed by atoms with Crippen LogP contribution >= 0.6 is 27.5 Å². The van der Waals surface area contributed by atoms with E-state index in [1.165, 1.54) is 0 Å². The average molecular weight is 519 g/mol. The van der Waals surface area contributed by atoms with Gasteiger partial charge in [0.25, 0.3) is 0 Å². The van der Waals surface area contributed by atoms with E-state index in [1.807, 2.05) is 73.7 Å². The van der Waals surface area contributed by atoms with E-state index in [2.05, 4.69) is 22.0 Å². The third kappa shape index (κ3) is 4.07. The maximum Gasteiger partial charge on any atom is 0.240 e. The highest BCUT2D eigenvalue weighted by atomic mass is 79.9. The molecule has 6 heteroatoms. The molecule has 1 aliphatic heterocycles. The van der Waals surface area contributed by atoms with E-state index in [0.717, 1.165) is 49.0 Å². The smallest absolute Gasteiger partial charge is 0.240 e. The quantitative estimate of drug-likeness (QED) is 0.285. The Bertz CT molecular complexity index is 1420. The summed E-state index contributed by atoms with van der Waals surface area (Å²) in [5, 5.41) is 8.16. The molecule has 0 N–H and O–H groups in total. The molecule has 0 saturated heterocycles. The minimum Gasteiger partial charge on any atom is -0.273 e. The van der Waals surface area contributed by atoms with Gasteiger partial charge in [-0.2, -0.15) is 5.10 Å². The molecule has 0 aliphatic carbocycles. The van der Waals surface area contributed by atoms with Crippen LogP contribution in [0.1, 0.15) is 36.2 Å². The molecule has 5 rings (SSSR count). The molecule has 164 valence electrons. The van der Waals surface area contributed by atoms with Crippen LogP contribution in [0.4, 0.5) is 0 Å². The zero-order valence-corrected chi connectivity index (χ0v) is 20.6. The molecule has 4 aromatic rings. The summed E-state index contributed by atoms with van der Waals surface area (Å²) >= 11 is 9.74. The fourth-order valence-electron chi connectivity index (χ4n) is 4.53. The minimum atomic E-state index is -0.168. The number of hydrogen-bond acceptors (Lipinski definition) is 3. The molecule has 0 bridgehead atoms. The van der Waals surface area contributed by atoms with Gasteiger partial charge in [0, 0.05) is 45.0 Å². The standard InChI is InChI=1S/C27H21BrClN3O/c1-16-26(24-15-25(32(31-24)17(2)33)19-6-5-7-20(28)14-19)27(18-10-12-21(29)13-11-18)22-8-3-4-9-23(22)30-16/h3-14,25H,15H2,1-2H3/t25-/m1/s1. The Kier molecular flexibility index (Phi) is 5.77. The molecule has 0 radical (unpaired) electrons. The van der Waals surface area contributed by atoms with Crippen LogP contribution in [0.5, 0.6) is 0 Å². The largest absolute Gasteiger partial charge is 0.273 e. The van der Waals surface area contributed by atoms with E-state index in [0.29, 0.717) is 11.4 Å². The van der Waals surface area contributed by atoms with Crippen molar-refractivity contribution in [2.45, 2.75) is 26.3 Å². The van der Waals surface area contributed by atoms with E-state index < -0.39 is 0 Å². The van der Waals surface area contributed by atoms with E-state index in [4.69, 9.17) is 21.7 Å². The second-order valence-corrected chi connectivity index (χ2v) is 9.51. The van der Waals surface area contributed by atoms with Crippen molar-refractivity contribution in [3.05, 3.63) is 99.1 Å². The molecular formula is C27H21BrClN3O. The van der Waals surface area contributed by atoms with Gasteiger partial charge in [0.15, 0.2) is 0 Å². The van der Waals surface area contributed by atoms with E-state index in [9.17, 15) is 4.79 Å². The summed E-state index contributed by atoms with van der Waals surface area (Å²) < 4.78 is 0.974. The summed E-state index contributed by atoms with van der Waals surface area (Å²) in [6, 6.07) is 23.8. The predicted octanol–water partition coefficient (Wildman–Crippen LogP) is 7.32. The van der Waals surface area contributed by atoms with E-state index in [-0.39, 0.29) is 11.9 Å². The Morgan fingerprint density at radius 1 is 1.03 bits per heavy atom. The lowest BCUT2D eigenvalue weighted by Crippen LogP contribution is -2.24. The number of benzene rings is 3. The molecule has 2 heterocycles. The number of carbonyl (C=O) groups excluding carboxylic acids is 1. The van der Waals surface area contributed by atoms with Gasteiger partial charge in [-0.3, -0.25) is 9.78 Å². The van der Waals surface area contributed by atoms with Crippen LogP contribution in [0.25, 0.3) is 22.0 Å². The second kappa shape index (κ2) is 8.73.